The number of para-hydroxylation sites is 1. The minimum atomic E-state index is -0.0399. The van der Waals surface area contributed by atoms with Gasteiger partial charge in [0.05, 0.1) is 18.1 Å². The van der Waals surface area contributed by atoms with Crippen molar-refractivity contribution in [1.82, 2.24) is 14.5 Å². The summed E-state index contributed by atoms with van der Waals surface area (Å²) in [4.78, 5) is 21.3. The van der Waals surface area contributed by atoms with Crippen molar-refractivity contribution in [2.75, 3.05) is 7.11 Å². The van der Waals surface area contributed by atoms with Gasteiger partial charge in [0, 0.05) is 46.4 Å². The van der Waals surface area contributed by atoms with Crippen LogP contribution in [0, 0.1) is 0 Å². The number of hydrogen-bond acceptors (Lipinski definition) is 4. The number of methoxy groups -OCH3 is 1. The van der Waals surface area contributed by atoms with Gasteiger partial charge in [-0.1, -0.05) is 23.7 Å². The number of rotatable bonds is 2. The summed E-state index contributed by atoms with van der Waals surface area (Å²) in [5.41, 5.74) is 3.18. The number of hydrogen-bond donors (Lipinski definition) is 0. The predicted molar refractivity (Wildman–Crippen MR) is 99.3 cm³/mol. The van der Waals surface area contributed by atoms with E-state index in [0.29, 0.717) is 15.8 Å². The molecule has 0 atom stereocenters. The highest BCUT2D eigenvalue weighted by Crippen LogP contribution is 2.32. The minimum Gasteiger partial charge on any atom is -0.467 e. The molecule has 25 heavy (non-hydrogen) atoms. The van der Waals surface area contributed by atoms with Crippen LogP contribution in [0.4, 0.5) is 0 Å². The molecule has 0 unspecified atom stereocenters. The lowest BCUT2D eigenvalue weighted by molar-refractivity contribution is 0.380. The van der Waals surface area contributed by atoms with Gasteiger partial charge in [-0.3, -0.25) is 4.79 Å². The maximum absolute atomic E-state index is 13.0. The number of pyridine rings is 1. The average molecular weight is 352 g/mol. The molecule has 0 saturated heterocycles. The normalized spacial score (nSPS) is 11.2. The summed E-state index contributed by atoms with van der Waals surface area (Å²) in [5.74, 6) is 0. The third kappa shape index (κ3) is 2.44. The molecule has 0 spiro atoms. The fourth-order valence-electron chi connectivity index (χ4n) is 3.14. The zero-order valence-electron chi connectivity index (χ0n) is 13.7. The van der Waals surface area contributed by atoms with Crippen molar-refractivity contribution in [2.24, 2.45) is 7.05 Å². The summed E-state index contributed by atoms with van der Waals surface area (Å²) < 4.78 is 7.02. The summed E-state index contributed by atoms with van der Waals surface area (Å²) in [6.07, 6.45) is 3.33. The van der Waals surface area contributed by atoms with Gasteiger partial charge in [0.25, 0.3) is 0 Å². The molecule has 124 valence electrons. The first-order valence-corrected chi connectivity index (χ1v) is 8.05. The summed E-state index contributed by atoms with van der Waals surface area (Å²) in [6, 6.07) is 11.4. The van der Waals surface area contributed by atoms with E-state index in [0.717, 1.165) is 22.2 Å². The van der Waals surface area contributed by atoms with Crippen molar-refractivity contribution < 1.29 is 4.74 Å². The molecule has 2 heterocycles. The molecule has 0 N–H and O–H groups in total. The molecule has 0 amide bonds. The van der Waals surface area contributed by atoms with Crippen LogP contribution >= 0.6 is 11.6 Å². The first-order valence-electron chi connectivity index (χ1n) is 7.67. The maximum Gasteiger partial charge on any atom is 0.316 e. The molecule has 4 aromatic rings. The van der Waals surface area contributed by atoms with Gasteiger partial charge in [0.15, 0.2) is 5.43 Å². The molecule has 0 fully saturated rings. The Balaban J connectivity index is 2.16. The second-order valence-corrected chi connectivity index (χ2v) is 6.15. The van der Waals surface area contributed by atoms with Crippen molar-refractivity contribution in [3.05, 3.63) is 64.0 Å². The maximum atomic E-state index is 13.0. The topological polar surface area (TPSA) is 57.0 Å². The number of benzene rings is 2. The van der Waals surface area contributed by atoms with Crippen molar-refractivity contribution in [2.45, 2.75) is 0 Å². The van der Waals surface area contributed by atoms with Gasteiger partial charge in [-0.15, -0.1) is 0 Å². The van der Waals surface area contributed by atoms with Gasteiger partial charge >= 0.3 is 6.01 Å². The second kappa shape index (κ2) is 5.86. The van der Waals surface area contributed by atoms with Crippen LogP contribution in [0.25, 0.3) is 32.9 Å². The molecule has 0 aliphatic rings. The van der Waals surface area contributed by atoms with Crippen molar-refractivity contribution in [3.63, 3.8) is 0 Å². The number of aromatic nitrogens is 3. The van der Waals surface area contributed by atoms with E-state index >= 15 is 0 Å². The van der Waals surface area contributed by atoms with Crippen LogP contribution in [-0.2, 0) is 7.05 Å². The van der Waals surface area contributed by atoms with Gasteiger partial charge < -0.3 is 9.30 Å². The van der Waals surface area contributed by atoms with Gasteiger partial charge in [0.1, 0.15) is 0 Å². The number of nitrogens with zero attached hydrogens (tertiary/aromatic N) is 3. The Bertz CT molecular complexity index is 1170. The highest BCUT2D eigenvalue weighted by molar-refractivity contribution is 6.32. The first kappa shape index (κ1) is 15.6. The lowest BCUT2D eigenvalue weighted by Crippen LogP contribution is -2.10. The molecule has 6 heteroatoms. The molecule has 0 aliphatic heterocycles. The molecule has 2 aromatic heterocycles. The van der Waals surface area contributed by atoms with Crippen LogP contribution in [0.15, 0.2) is 53.6 Å². The zero-order valence-corrected chi connectivity index (χ0v) is 14.4. The van der Waals surface area contributed by atoms with Crippen LogP contribution < -0.4 is 10.2 Å². The van der Waals surface area contributed by atoms with E-state index in [4.69, 9.17) is 16.3 Å². The second-order valence-electron chi connectivity index (χ2n) is 5.71. The van der Waals surface area contributed by atoms with E-state index in [9.17, 15) is 4.79 Å². The largest absolute Gasteiger partial charge is 0.467 e. The SMILES string of the molecule is COc1ncc(-c2cc(Cl)cc3c(=O)c4ccccc4n(C)c23)cn1. The van der Waals surface area contributed by atoms with Gasteiger partial charge in [-0.25, -0.2) is 9.97 Å². The molecular weight excluding hydrogens is 338 g/mol. The van der Waals surface area contributed by atoms with Crippen LogP contribution in [0.1, 0.15) is 0 Å². The van der Waals surface area contributed by atoms with Gasteiger partial charge in [0.2, 0.25) is 0 Å². The number of aryl methyl sites for hydroxylation is 1. The molecule has 5 nitrogen and oxygen atoms in total. The third-order valence-electron chi connectivity index (χ3n) is 4.29. The summed E-state index contributed by atoms with van der Waals surface area (Å²) in [6.45, 7) is 0. The third-order valence-corrected chi connectivity index (χ3v) is 4.50. The van der Waals surface area contributed by atoms with Crippen LogP contribution in [0.3, 0.4) is 0 Å². The molecule has 0 saturated carbocycles. The zero-order chi connectivity index (χ0) is 17.6. The van der Waals surface area contributed by atoms with E-state index in [-0.39, 0.29) is 11.4 Å². The standard InChI is InChI=1S/C19H14ClN3O2/c1-23-16-6-4-3-5-13(16)18(24)15-8-12(20)7-14(17(15)23)11-9-21-19(25-2)22-10-11/h3-10H,1-2H3. The Kier molecular flexibility index (Phi) is 3.66. The highest BCUT2D eigenvalue weighted by Gasteiger charge is 2.15. The molecule has 4 rings (SSSR count). The quantitative estimate of drug-likeness (QED) is 0.515. The monoisotopic (exact) mass is 351 g/mol. The Morgan fingerprint density at radius 3 is 2.52 bits per heavy atom. The van der Waals surface area contributed by atoms with Crippen LogP contribution in [0.2, 0.25) is 5.02 Å². The Labute approximate surface area is 148 Å². The van der Waals surface area contributed by atoms with E-state index in [1.165, 1.54) is 7.11 Å². The average Bonchev–Trinajstić information content (AvgIpc) is 2.65. The number of fused-ring (bicyclic) bond motifs is 2. The van der Waals surface area contributed by atoms with Crippen LogP contribution in [0.5, 0.6) is 6.01 Å². The first-order chi connectivity index (χ1) is 12.1. The van der Waals surface area contributed by atoms with Crippen molar-refractivity contribution in [1.29, 1.82) is 0 Å². The van der Waals surface area contributed by atoms with E-state index in [2.05, 4.69) is 9.97 Å². The smallest absolute Gasteiger partial charge is 0.316 e. The molecule has 0 aliphatic carbocycles. The van der Waals surface area contributed by atoms with E-state index < -0.39 is 0 Å². The molecule has 2 aromatic carbocycles. The fourth-order valence-corrected chi connectivity index (χ4v) is 3.36. The molecule has 0 radical (unpaired) electrons. The molecular formula is C19H14ClN3O2. The van der Waals surface area contributed by atoms with Crippen LogP contribution in [-0.4, -0.2) is 21.6 Å². The number of halogens is 1. The van der Waals surface area contributed by atoms with E-state index in [1.807, 2.05) is 41.9 Å². The predicted octanol–water partition coefficient (Wildman–Crippen LogP) is 3.81. The Hall–Kier alpha value is -2.92. The Morgan fingerprint density at radius 1 is 1.08 bits per heavy atom. The van der Waals surface area contributed by atoms with Crippen molar-refractivity contribution >= 4 is 33.4 Å². The summed E-state index contributed by atoms with van der Waals surface area (Å²) in [7, 11) is 3.45. The highest BCUT2D eigenvalue weighted by atomic mass is 35.5. The lowest BCUT2D eigenvalue weighted by Gasteiger charge is -2.15. The fraction of sp³-hybridized carbons (Fsp3) is 0.105. The Morgan fingerprint density at radius 2 is 1.80 bits per heavy atom. The number of ether oxygens (including phenoxy) is 1. The van der Waals surface area contributed by atoms with Gasteiger partial charge in [-0.05, 0) is 24.3 Å². The van der Waals surface area contributed by atoms with Crippen molar-refractivity contribution in [3.8, 4) is 17.1 Å². The van der Waals surface area contributed by atoms with E-state index in [1.54, 1.807) is 18.5 Å². The lowest BCUT2D eigenvalue weighted by atomic mass is 10.0. The minimum absolute atomic E-state index is 0.0399. The summed E-state index contributed by atoms with van der Waals surface area (Å²) in [5, 5.41) is 1.72. The molecule has 0 bridgehead atoms. The summed E-state index contributed by atoms with van der Waals surface area (Å²) >= 11 is 6.29. The van der Waals surface area contributed by atoms with Gasteiger partial charge in [-0.2, -0.15) is 0 Å².